The van der Waals surface area contributed by atoms with Crippen LogP contribution in [0.25, 0.3) is 0 Å². The molecule has 0 unspecified atom stereocenters. The van der Waals surface area contributed by atoms with E-state index in [1.54, 1.807) is 31.4 Å². The van der Waals surface area contributed by atoms with Crippen molar-refractivity contribution >= 4 is 29.1 Å². The molecule has 2 rings (SSSR count). The second-order valence-electron chi connectivity index (χ2n) is 7.98. The second kappa shape index (κ2) is 11.7. The van der Waals surface area contributed by atoms with Gasteiger partial charge in [0.1, 0.15) is 11.8 Å². The molecule has 1 saturated heterocycles. The Morgan fingerprint density at radius 3 is 2.53 bits per heavy atom. The molecule has 1 atom stereocenters. The SMILES string of the molecule is CCNC(=S)N1CCC([C@@H](NC(=O)c2cccc(OC)c2)C(=O)NCC(C)C)CC1. The Morgan fingerprint density at radius 2 is 1.93 bits per heavy atom. The lowest BCUT2D eigenvalue weighted by molar-refractivity contribution is -0.124. The summed E-state index contributed by atoms with van der Waals surface area (Å²) in [7, 11) is 1.56. The van der Waals surface area contributed by atoms with Gasteiger partial charge in [0.2, 0.25) is 5.91 Å². The summed E-state index contributed by atoms with van der Waals surface area (Å²) in [6, 6.07) is 6.36. The standard InChI is InChI=1S/C22H34N4O3S/c1-5-23-22(30)26-11-9-16(10-12-26)19(21(28)24-14-15(2)3)25-20(27)17-7-6-8-18(13-17)29-4/h6-8,13,15-16,19H,5,9-12,14H2,1-4H3,(H,23,30)(H,24,28)(H,25,27)/t19-/m1/s1. The molecule has 30 heavy (non-hydrogen) atoms. The van der Waals surface area contributed by atoms with Crippen LogP contribution in [0, 0.1) is 11.8 Å². The van der Waals surface area contributed by atoms with Gasteiger partial charge >= 0.3 is 0 Å². The number of likely N-dealkylation sites (tertiary alicyclic amines) is 1. The number of hydrogen-bond donors (Lipinski definition) is 3. The summed E-state index contributed by atoms with van der Waals surface area (Å²) >= 11 is 5.41. The van der Waals surface area contributed by atoms with E-state index in [0.29, 0.717) is 23.8 Å². The first-order chi connectivity index (χ1) is 14.3. The van der Waals surface area contributed by atoms with Gasteiger partial charge in [-0.15, -0.1) is 0 Å². The highest BCUT2D eigenvalue weighted by atomic mass is 32.1. The van der Waals surface area contributed by atoms with Crippen LogP contribution in [0.4, 0.5) is 0 Å². The maximum absolute atomic E-state index is 13.0. The number of methoxy groups -OCH3 is 1. The summed E-state index contributed by atoms with van der Waals surface area (Å²) < 4.78 is 5.21. The van der Waals surface area contributed by atoms with E-state index < -0.39 is 6.04 Å². The van der Waals surface area contributed by atoms with E-state index in [9.17, 15) is 9.59 Å². The number of carbonyl (C=O) groups is 2. The maximum atomic E-state index is 13.0. The van der Waals surface area contributed by atoms with Gasteiger partial charge in [0.05, 0.1) is 7.11 Å². The molecule has 1 aliphatic heterocycles. The van der Waals surface area contributed by atoms with Crippen LogP contribution < -0.4 is 20.7 Å². The predicted molar refractivity (Wildman–Crippen MR) is 123 cm³/mol. The number of ether oxygens (including phenoxy) is 1. The lowest BCUT2D eigenvalue weighted by Crippen LogP contribution is -2.54. The number of piperidine rings is 1. The number of carbonyl (C=O) groups excluding carboxylic acids is 2. The summed E-state index contributed by atoms with van der Waals surface area (Å²) in [5.41, 5.74) is 0.474. The highest BCUT2D eigenvalue weighted by molar-refractivity contribution is 7.80. The highest BCUT2D eigenvalue weighted by Gasteiger charge is 2.33. The molecule has 1 fully saturated rings. The van der Waals surface area contributed by atoms with Crippen LogP contribution in [0.2, 0.25) is 0 Å². The predicted octanol–water partition coefficient (Wildman–Crippen LogP) is 2.17. The number of thiocarbonyl (C=S) groups is 1. The number of hydrogen-bond acceptors (Lipinski definition) is 4. The lowest BCUT2D eigenvalue weighted by Gasteiger charge is -2.37. The third-order valence-corrected chi connectivity index (χ3v) is 5.61. The van der Waals surface area contributed by atoms with Gasteiger partial charge in [0.15, 0.2) is 5.11 Å². The van der Waals surface area contributed by atoms with Crippen molar-refractivity contribution in [1.82, 2.24) is 20.9 Å². The van der Waals surface area contributed by atoms with Gasteiger partial charge in [-0.1, -0.05) is 19.9 Å². The number of nitrogens with zero attached hydrogens (tertiary/aromatic N) is 1. The quantitative estimate of drug-likeness (QED) is 0.544. The average molecular weight is 435 g/mol. The van der Waals surface area contributed by atoms with Crippen molar-refractivity contribution in [3.05, 3.63) is 29.8 Å². The zero-order valence-electron chi connectivity index (χ0n) is 18.4. The Hall–Kier alpha value is -2.35. The Labute approximate surface area is 184 Å². The van der Waals surface area contributed by atoms with Crippen LogP contribution in [0.5, 0.6) is 5.75 Å². The van der Waals surface area contributed by atoms with Crippen molar-refractivity contribution in [2.45, 2.75) is 39.7 Å². The normalized spacial score (nSPS) is 15.4. The van der Waals surface area contributed by atoms with Crippen molar-refractivity contribution in [2.24, 2.45) is 11.8 Å². The van der Waals surface area contributed by atoms with E-state index in [-0.39, 0.29) is 17.7 Å². The van der Waals surface area contributed by atoms with Gasteiger partial charge < -0.3 is 25.6 Å². The fourth-order valence-electron chi connectivity index (χ4n) is 3.50. The summed E-state index contributed by atoms with van der Waals surface area (Å²) in [5.74, 6) is 0.584. The molecule has 0 aliphatic carbocycles. The van der Waals surface area contributed by atoms with Crippen LogP contribution in [-0.2, 0) is 4.79 Å². The number of rotatable bonds is 8. The Bertz CT molecular complexity index is 733. The molecule has 0 bridgehead atoms. The Kier molecular flexibility index (Phi) is 9.36. The molecule has 3 N–H and O–H groups in total. The van der Waals surface area contributed by atoms with Crippen molar-refractivity contribution in [3.63, 3.8) is 0 Å². The maximum Gasteiger partial charge on any atom is 0.252 e. The number of benzene rings is 1. The van der Waals surface area contributed by atoms with Crippen LogP contribution in [0.15, 0.2) is 24.3 Å². The lowest BCUT2D eigenvalue weighted by atomic mass is 9.88. The molecule has 0 aromatic heterocycles. The molecule has 0 radical (unpaired) electrons. The zero-order valence-corrected chi connectivity index (χ0v) is 19.2. The third kappa shape index (κ3) is 6.86. The molecule has 1 aliphatic rings. The van der Waals surface area contributed by atoms with E-state index >= 15 is 0 Å². The van der Waals surface area contributed by atoms with Crippen molar-refractivity contribution in [1.29, 1.82) is 0 Å². The first-order valence-corrected chi connectivity index (χ1v) is 11.0. The van der Waals surface area contributed by atoms with Gasteiger partial charge in [-0.3, -0.25) is 9.59 Å². The van der Waals surface area contributed by atoms with Gasteiger partial charge in [0, 0.05) is 31.7 Å². The van der Waals surface area contributed by atoms with E-state index in [1.165, 1.54) is 0 Å². The highest BCUT2D eigenvalue weighted by Crippen LogP contribution is 2.22. The Morgan fingerprint density at radius 1 is 1.23 bits per heavy atom. The molecular weight excluding hydrogens is 400 g/mol. The minimum absolute atomic E-state index is 0.0485. The summed E-state index contributed by atoms with van der Waals surface area (Å²) in [5, 5.41) is 9.88. The zero-order chi connectivity index (χ0) is 22.1. The Balaban J connectivity index is 2.09. The van der Waals surface area contributed by atoms with Gasteiger partial charge in [-0.2, -0.15) is 0 Å². The van der Waals surface area contributed by atoms with Crippen molar-refractivity contribution < 1.29 is 14.3 Å². The van der Waals surface area contributed by atoms with Crippen molar-refractivity contribution in [2.75, 3.05) is 33.3 Å². The van der Waals surface area contributed by atoms with Crippen LogP contribution in [0.1, 0.15) is 44.0 Å². The van der Waals surface area contributed by atoms with Crippen molar-refractivity contribution in [3.8, 4) is 5.75 Å². The first kappa shape index (κ1) is 23.9. The minimum atomic E-state index is -0.586. The van der Waals surface area contributed by atoms with Crippen LogP contribution >= 0.6 is 12.2 Å². The fraction of sp³-hybridized carbons (Fsp3) is 0.591. The average Bonchev–Trinajstić information content (AvgIpc) is 2.76. The summed E-state index contributed by atoms with van der Waals surface area (Å²) in [6.07, 6.45) is 1.56. The van der Waals surface area contributed by atoms with Gasteiger partial charge in [-0.05, 0) is 62.0 Å². The smallest absolute Gasteiger partial charge is 0.252 e. The van der Waals surface area contributed by atoms with E-state index in [0.717, 1.165) is 37.6 Å². The van der Waals surface area contributed by atoms with Gasteiger partial charge in [0.25, 0.3) is 5.91 Å². The topological polar surface area (TPSA) is 82.7 Å². The van der Waals surface area contributed by atoms with Gasteiger partial charge in [-0.25, -0.2) is 0 Å². The molecule has 0 spiro atoms. The minimum Gasteiger partial charge on any atom is -0.497 e. The molecule has 2 amide bonds. The summed E-state index contributed by atoms with van der Waals surface area (Å²) in [6.45, 7) is 9.00. The number of nitrogens with one attached hydrogen (secondary N) is 3. The van der Waals surface area contributed by atoms with E-state index in [4.69, 9.17) is 17.0 Å². The van der Waals surface area contributed by atoms with E-state index in [1.807, 2.05) is 20.8 Å². The molecule has 1 heterocycles. The van der Waals surface area contributed by atoms with Crippen LogP contribution in [-0.4, -0.2) is 61.2 Å². The van der Waals surface area contributed by atoms with Crippen LogP contribution in [0.3, 0.4) is 0 Å². The molecule has 7 nitrogen and oxygen atoms in total. The third-order valence-electron chi connectivity index (χ3n) is 5.21. The summed E-state index contributed by atoms with van der Waals surface area (Å²) in [4.78, 5) is 28.0. The molecule has 8 heteroatoms. The molecule has 1 aromatic rings. The number of amides is 2. The molecule has 166 valence electrons. The molecular formula is C22H34N4O3S. The molecule has 0 saturated carbocycles. The second-order valence-corrected chi connectivity index (χ2v) is 8.37. The monoisotopic (exact) mass is 434 g/mol. The fourth-order valence-corrected chi connectivity index (χ4v) is 3.83. The van der Waals surface area contributed by atoms with E-state index in [2.05, 4.69) is 20.9 Å². The largest absolute Gasteiger partial charge is 0.497 e. The molecule has 1 aromatic carbocycles. The first-order valence-electron chi connectivity index (χ1n) is 10.6.